The maximum atomic E-state index is 13.2. The van der Waals surface area contributed by atoms with Gasteiger partial charge in [0.25, 0.3) is 0 Å². The zero-order valence-electron chi connectivity index (χ0n) is 17.0. The molecule has 0 bridgehead atoms. The molecule has 1 unspecified atom stereocenters. The molecule has 0 amide bonds. The van der Waals surface area contributed by atoms with Gasteiger partial charge in [0.15, 0.2) is 5.78 Å². The maximum Gasteiger partial charge on any atom is 0.167 e. The van der Waals surface area contributed by atoms with Gasteiger partial charge in [0, 0.05) is 29.9 Å². The third kappa shape index (κ3) is 4.60. The molecule has 146 valence electrons. The van der Waals surface area contributed by atoms with Crippen LogP contribution in [0.25, 0.3) is 0 Å². The van der Waals surface area contributed by atoms with E-state index in [1.54, 1.807) is 0 Å². The summed E-state index contributed by atoms with van der Waals surface area (Å²) in [4.78, 5) is 17.4. The van der Waals surface area contributed by atoms with Crippen LogP contribution in [-0.2, 0) is 19.4 Å². The third-order valence-electron chi connectivity index (χ3n) is 5.60. The van der Waals surface area contributed by atoms with Gasteiger partial charge < -0.3 is 9.30 Å². The Kier molecular flexibility index (Phi) is 6.70. The van der Waals surface area contributed by atoms with Crippen molar-refractivity contribution in [1.82, 2.24) is 9.55 Å². The number of imidazole rings is 1. The fourth-order valence-electron chi connectivity index (χ4n) is 3.96. The molecule has 1 atom stereocenters. The van der Waals surface area contributed by atoms with Crippen molar-refractivity contribution >= 4 is 5.78 Å². The minimum absolute atomic E-state index is 0.0692. The van der Waals surface area contributed by atoms with Crippen molar-refractivity contribution in [2.24, 2.45) is 5.92 Å². The monoisotopic (exact) mass is 368 g/mol. The van der Waals surface area contributed by atoms with Gasteiger partial charge in [-0.05, 0) is 62.3 Å². The van der Waals surface area contributed by atoms with Crippen molar-refractivity contribution in [2.75, 3.05) is 6.61 Å². The standard InChI is InChI=1S/C23H32N2O2/c1-4-5-8-13-27-22-12-11-21(19-9-6-7-10-20(19)22)23(26)17(2)15-25-16-24-14-18(25)3/h11-12,14,16-17H,4-10,13,15H2,1-3H3. The highest BCUT2D eigenvalue weighted by molar-refractivity contribution is 5.99. The number of fused-ring (bicyclic) bond motifs is 1. The van der Waals surface area contributed by atoms with Gasteiger partial charge in [-0.2, -0.15) is 0 Å². The molecule has 1 heterocycles. The Bertz CT molecular complexity index is 779. The molecule has 0 radical (unpaired) electrons. The number of aromatic nitrogens is 2. The maximum absolute atomic E-state index is 13.2. The molecular formula is C23H32N2O2. The van der Waals surface area contributed by atoms with Crippen LogP contribution in [0.3, 0.4) is 0 Å². The Morgan fingerprint density at radius 2 is 2.00 bits per heavy atom. The van der Waals surface area contributed by atoms with Crippen LogP contribution in [0, 0.1) is 12.8 Å². The largest absolute Gasteiger partial charge is 0.493 e. The smallest absolute Gasteiger partial charge is 0.167 e. The number of nitrogens with zero attached hydrogens (tertiary/aromatic N) is 2. The number of aryl methyl sites for hydroxylation is 1. The normalized spacial score (nSPS) is 14.6. The number of Topliss-reactive ketones (excluding diaryl/α,β-unsaturated/α-hetero) is 1. The summed E-state index contributed by atoms with van der Waals surface area (Å²) in [6, 6.07) is 4.03. The second-order valence-electron chi connectivity index (χ2n) is 7.78. The van der Waals surface area contributed by atoms with E-state index in [9.17, 15) is 4.79 Å². The third-order valence-corrected chi connectivity index (χ3v) is 5.60. The van der Waals surface area contributed by atoms with E-state index in [1.807, 2.05) is 38.5 Å². The first-order valence-electron chi connectivity index (χ1n) is 10.4. The summed E-state index contributed by atoms with van der Waals surface area (Å²) in [7, 11) is 0. The number of rotatable bonds is 9. The average molecular weight is 369 g/mol. The van der Waals surface area contributed by atoms with Crippen molar-refractivity contribution < 1.29 is 9.53 Å². The summed E-state index contributed by atoms with van der Waals surface area (Å²) in [5.74, 6) is 1.16. The zero-order valence-corrected chi connectivity index (χ0v) is 17.0. The summed E-state index contributed by atoms with van der Waals surface area (Å²) < 4.78 is 8.13. The molecule has 0 saturated heterocycles. The lowest BCUT2D eigenvalue weighted by atomic mass is 9.84. The van der Waals surface area contributed by atoms with E-state index in [0.717, 1.165) is 49.3 Å². The molecule has 0 saturated carbocycles. The van der Waals surface area contributed by atoms with Gasteiger partial charge in [0.1, 0.15) is 5.75 Å². The fraction of sp³-hybridized carbons (Fsp3) is 0.565. The number of hydrogen-bond acceptors (Lipinski definition) is 3. The van der Waals surface area contributed by atoms with Crippen LogP contribution in [0.5, 0.6) is 5.75 Å². The molecule has 27 heavy (non-hydrogen) atoms. The molecule has 3 rings (SSSR count). The molecule has 1 aliphatic carbocycles. The van der Waals surface area contributed by atoms with Crippen LogP contribution in [0.2, 0.25) is 0 Å². The number of benzene rings is 1. The predicted molar refractivity (Wildman–Crippen MR) is 109 cm³/mol. The van der Waals surface area contributed by atoms with Crippen molar-refractivity contribution in [3.8, 4) is 5.75 Å². The lowest BCUT2D eigenvalue weighted by Crippen LogP contribution is -2.21. The number of carbonyl (C=O) groups excluding carboxylic acids is 1. The quantitative estimate of drug-likeness (QED) is 0.454. The minimum atomic E-state index is -0.0692. The number of unbranched alkanes of at least 4 members (excludes halogenated alkanes) is 2. The molecule has 4 heteroatoms. The Morgan fingerprint density at radius 1 is 1.22 bits per heavy atom. The van der Waals surface area contributed by atoms with Crippen LogP contribution in [0.15, 0.2) is 24.7 Å². The summed E-state index contributed by atoms with van der Waals surface area (Å²) in [6.45, 7) is 7.69. The van der Waals surface area contributed by atoms with E-state index in [1.165, 1.54) is 30.4 Å². The lowest BCUT2D eigenvalue weighted by molar-refractivity contribution is 0.0916. The predicted octanol–water partition coefficient (Wildman–Crippen LogP) is 5.16. The van der Waals surface area contributed by atoms with Gasteiger partial charge in [-0.1, -0.05) is 26.7 Å². The summed E-state index contributed by atoms with van der Waals surface area (Å²) >= 11 is 0. The lowest BCUT2D eigenvalue weighted by Gasteiger charge is -2.23. The van der Waals surface area contributed by atoms with E-state index in [2.05, 4.69) is 16.5 Å². The Labute approximate surface area is 163 Å². The van der Waals surface area contributed by atoms with E-state index in [0.29, 0.717) is 6.54 Å². The van der Waals surface area contributed by atoms with Crippen molar-refractivity contribution in [3.05, 3.63) is 47.0 Å². The molecular weight excluding hydrogens is 336 g/mol. The van der Waals surface area contributed by atoms with Gasteiger partial charge in [-0.3, -0.25) is 4.79 Å². The number of ether oxygens (including phenoxy) is 1. The highest BCUT2D eigenvalue weighted by Crippen LogP contribution is 2.33. The summed E-state index contributed by atoms with van der Waals surface area (Å²) in [6.07, 6.45) is 11.5. The fourth-order valence-corrected chi connectivity index (χ4v) is 3.96. The molecule has 0 N–H and O–H groups in total. The van der Waals surface area contributed by atoms with E-state index in [-0.39, 0.29) is 11.7 Å². The van der Waals surface area contributed by atoms with Gasteiger partial charge in [0.2, 0.25) is 0 Å². The average Bonchev–Trinajstić information content (AvgIpc) is 3.09. The first-order valence-corrected chi connectivity index (χ1v) is 10.4. The van der Waals surface area contributed by atoms with Gasteiger partial charge in [-0.25, -0.2) is 4.98 Å². The van der Waals surface area contributed by atoms with Crippen molar-refractivity contribution in [3.63, 3.8) is 0 Å². The highest BCUT2D eigenvalue weighted by Gasteiger charge is 2.24. The second-order valence-corrected chi connectivity index (χ2v) is 7.78. The van der Waals surface area contributed by atoms with Crippen molar-refractivity contribution in [2.45, 2.75) is 72.3 Å². The molecule has 0 spiro atoms. The first kappa shape index (κ1) is 19.7. The summed E-state index contributed by atoms with van der Waals surface area (Å²) in [5.41, 5.74) is 4.49. The van der Waals surface area contributed by atoms with Gasteiger partial charge in [0.05, 0.1) is 12.9 Å². The van der Waals surface area contributed by atoms with Gasteiger partial charge >= 0.3 is 0 Å². The molecule has 1 aromatic heterocycles. The Hall–Kier alpha value is -2.10. The molecule has 0 aliphatic heterocycles. The van der Waals surface area contributed by atoms with E-state index in [4.69, 9.17) is 4.74 Å². The molecule has 0 fully saturated rings. The van der Waals surface area contributed by atoms with Crippen LogP contribution >= 0.6 is 0 Å². The van der Waals surface area contributed by atoms with Crippen LogP contribution in [0.4, 0.5) is 0 Å². The number of ketones is 1. The number of hydrogen-bond donors (Lipinski definition) is 0. The van der Waals surface area contributed by atoms with E-state index < -0.39 is 0 Å². The van der Waals surface area contributed by atoms with Crippen LogP contribution < -0.4 is 4.74 Å². The molecule has 4 nitrogen and oxygen atoms in total. The second kappa shape index (κ2) is 9.20. The van der Waals surface area contributed by atoms with Crippen molar-refractivity contribution in [1.29, 1.82) is 0 Å². The van der Waals surface area contributed by atoms with Gasteiger partial charge in [-0.15, -0.1) is 0 Å². The Balaban J connectivity index is 1.78. The SMILES string of the molecule is CCCCCOc1ccc(C(=O)C(C)Cn2cncc2C)c2c1CCCC2. The Morgan fingerprint density at radius 3 is 2.70 bits per heavy atom. The van der Waals surface area contributed by atoms with E-state index >= 15 is 0 Å². The highest BCUT2D eigenvalue weighted by atomic mass is 16.5. The number of carbonyl (C=O) groups is 1. The minimum Gasteiger partial charge on any atom is -0.493 e. The topological polar surface area (TPSA) is 44.1 Å². The summed E-state index contributed by atoms with van der Waals surface area (Å²) in [5, 5.41) is 0. The zero-order chi connectivity index (χ0) is 19.2. The molecule has 1 aliphatic rings. The molecule has 1 aromatic carbocycles. The van der Waals surface area contributed by atoms with Crippen LogP contribution in [0.1, 0.15) is 73.1 Å². The molecule has 2 aromatic rings. The van der Waals surface area contributed by atoms with Crippen LogP contribution in [-0.4, -0.2) is 21.9 Å². The first-order chi connectivity index (χ1) is 13.1.